The topological polar surface area (TPSA) is 108 Å². The maximum Gasteiger partial charge on any atom is 0.264 e. The molecule has 0 spiro atoms. The van der Waals surface area contributed by atoms with Crippen molar-refractivity contribution in [2.75, 3.05) is 0 Å². The molecule has 4 aromatic rings. The van der Waals surface area contributed by atoms with Crippen LogP contribution in [0.15, 0.2) is 71.9 Å². The van der Waals surface area contributed by atoms with Gasteiger partial charge >= 0.3 is 0 Å². The van der Waals surface area contributed by atoms with E-state index >= 15 is 0 Å². The van der Waals surface area contributed by atoms with Crippen molar-refractivity contribution in [1.29, 1.82) is 0 Å². The van der Waals surface area contributed by atoms with Gasteiger partial charge in [-0.2, -0.15) is 0 Å². The van der Waals surface area contributed by atoms with E-state index in [0.29, 0.717) is 28.8 Å². The average Bonchev–Trinajstić information content (AvgIpc) is 3.64. The number of carbonyl (C=O) groups excluding carboxylic acids is 1. The van der Waals surface area contributed by atoms with Crippen LogP contribution >= 0.6 is 0 Å². The first-order chi connectivity index (χ1) is 16.7. The summed E-state index contributed by atoms with van der Waals surface area (Å²) in [5.41, 5.74) is 2.04. The number of hydrogen-bond donors (Lipinski definition) is 3. The molecule has 0 aliphatic heterocycles. The highest BCUT2D eigenvalue weighted by atomic mass is 16.5. The quantitative estimate of drug-likeness (QED) is 0.296. The lowest BCUT2D eigenvalue weighted by Crippen LogP contribution is -2.33. The van der Waals surface area contributed by atoms with E-state index in [2.05, 4.69) is 10.3 Å². The van der Waals surface area contributed by atoms with Crippen LogP contribution in [0.3, 0.4) is 0 Å². The Morgan fingerprint density at radius 2 is 2.00 bits per heavy atom. The van der Waals surface area contributed by atoms with Crippen LogP contribution in [0.2, 0.25) is 0 Å². The van der Waals surface area contributed by atoms with Gasteiger partial charge < -0.3 is 15.0 Å². The van der Waals surface area contributed by atoms with Gasteiger partial charge in [0.05, 0.1) is 16.6 Å². The van der Waals surface area contributed by atoms with E-state index in [1.165, 1.54) is 6.20 Å². The molecule has 8 heteroatoms. The number of aliphatic hydroxyl groups is 1. The van der Waals surface area contributed by atoms with Gasteiger partial charge in [0, 0.05) is 41.8 Å². The summed E-state index contributed by atoms with van der Waals surface area (Å²) in [5.74, 6) is -0.365. The highest BCUT2D eigenvalue weighted by Crippen LogP contribution is 2.25. The minimum Gasteiger partial charge on any atom is -0.386 e. The third kappa shape index (κ3) is 4.65. The van der Waals surface area contributed by atoms with Gasteiger partial charge in [-0.3, -0.25) is 14.8 Å². The number of pyridine rings is 3. The third-order valence-corrected chi connectivity index (χ3v) is 6.21. The Balaban J connectivity index is 1.55. The first-order valence-electron chi connectivity index (χ1n) is 11.6. The van der Waals surface area contributed by atoms with E-state index in [4.69, 9.17) is 0 Å². The summed E-state index contributed by atoms with van der Waals surface area (Å²) in [6.45, 7) is 3.74. The Morgan fingerprint density at radius 3 is 2.74 bits per heavy atom. The van der Waals surface area contributed by atoms with E-state index < -0.39 is 5.60 Å². The van der Waals surface area contributed by atoms with Crippen molar-refractivity contribution < 1.29 is 19.8 Å². The number of hydrogen-bond acceptors (Lipinski definition) is 5. The molecule has 0 saturated heterocycles. The van der Waals surface area contributed by atoms with Crippen LogP contribution in [0, 0.1) is 0 Å². The van der Waals surface area contributed by atoms with Crippen LogP contribution in [-0.4, -0.2) is 31.8 Å². The standard InChI is InChI=1S/C27H26N4O4/c1-27(2,34)19-10-12-31(35)23(14-19)18-6-3-5-17(13-18)15-30-16-22(26(33)29-20-8-9-20)24(32)21-7-4-11-28-25(21)30/h3-7,10-14,16,20,34H,8-9,15H2,1-2H3,(H-,29,33,35)/p+1. The van der Waals surface area contributed by atoms with Gasteiger partial charge in [0.2, 0.25) is 11.6 Å². The molecule has 3 N–H and O–H groups in total. The maximum atomic E-state index is 13.0. The van der Waals surface area contributed by atoms with Gasteiger partial charge in [-0.1, -0.05) is 12.1 Å². The van der Waals surface area contributed by atoms with Crippen molar-refractivity contribution in [2.45, 2.75) is 44.9 Å². The molecular weight excluding hydrogens is 444 g/mol. The lowest BCUT2D eigenvalue weighted by atomic mass is 9.97. The van der Waals surface area contributed by atoms with E-state index in [1.54, 1.807) is 55.1 Å². The zero-order valence-electron chi connectivity index (χ0n) is 19.6. The van der Waals surface area contributed by atoms with E-state index in [0.717, 1.165) is 28.7 Å². The molecule has 1 amide bonds. The van der Waals surface area contributed by atoms with Gasteiger partial charge in [0.15, 0.2) is 0 Å². The Kier molecular flexibility index (Phi) is 5.61. The summed E-state index contributed by atoms with van der Waals surface area (Å²) in [7, 11) is 0. The smallest absolute Gasteiger partial charge is 0.264 e. The number of rotatable bonds is 6. The van der Waals surface area contributed by atoms with Crippen LogP contribution in [0.5, 0.6) is 0 Å². The van der Waals surface area contributed by atoms with Crippen molar-refractivity contribution in [3.05, 3.63) is 94.0 Å². The highest BCUT2D eigenvalue weighted by Gasteiger charge is 2.26. The molecule has 8 nitrogen and oxygen atoms in total. The van der Waals surface area contributed by atoms with Gasteiger partial charge in [0.25, 0.3) is 11.6 Å². The largest absolute Gasteiger partial charge is 0.386 e. The van der Waals surface area contributed by atoms with E-state index in [-0.39, 0.29) is 22.9 Å². The van der Waals surface area contributed by atoms with Crippen molar-refractivity contribution in [2.24, 2.45) is 0 Å². The van der Waals surface area contributed by atoms with Crippen molar-refractivity contribution in [3.8, 4) is 11.3 Å². The number of amides is 1. The van der Waals surface area contributed by atoms with Gasteiger partial charge in [-0.15, -0.1) is 0 Å². The minimum atomic E-state index is -1.06. The summed E-state index contributed by atoms with van der Waals surface area (Å²) in [4.78, 5) is 30.2. The molecule has 0 radical (unpaired) electrons. The van der Waals surface area contributed by atoms with Crippen molar-refractivity contribution in [1.82, 2.24) is 14.9 Å². The van der Waals surface area contributed by atoms with Crippen LogP contribution < -0.4 is 15.5 Å². The number of benzene rings is 1. The lowest BCUT2D eigenvalue weighted by molar-refractivity contribution is -0.896. The molecule has 1 fully saturated rings. The van der Waals surface area contributed by atoms with Gasteiger partial charge in [-0.05, 0) is 62.1 Å². The number of fused-ring (bicyclic) bond motifs is 1. The van der Waals surface area contributed by atoms with Crippen molar-refractivity contribution >= 4 is 16.9 Å². The third-order valence-electron chi connectivity index (χ3n) is 6.21. The second-order valence-corrected chi connectivity index (χ2v) is 9.53. The molecule has 178 valence electrons. The van der Waals surface area contributed by atoms with Gasteiger partial charge in [-0.25, -0.2) is 4.98 Å². The molecule has 5 rings (SSSR count). The number of aromatic nitrogens is 3. The zero-order chi connectivity index (χ0) is 24.7. The second-order valence-electron chi connectivity index (χ2n) is 9.53. The Bertz CT molecular complexity index is 1500. The molecular formula is C27H27N4O4+. The Morgan fingerprint density at radius 1 is 1.20 bits per heavy atom. The number of carbonyl (C=O) groups is 1. The number of nitrogens with one attached hydrogen (secondary N) is 1. The average molecular weight is 472 g/mol. The molecule has 0 unspecified atom stereocenters. The molecule has 1 saturated carbocycles. The fourth-order valence-corrected chi connectivity index (χ4v) is 4.11. The first kappa shape index (κ1) is 22.7. The Labute approximate surface area is 202 Å². The first-order valence-corrected chi connectivity index (χ1v) is 11.6. The molecule has 1 aliphatic rings. The molecule has 0 atom stereocenters. The van der Waals surface area contributed by atoms with Crippen LogP contribution in [0.4, 0.5) is 0 Å². The summed E-state index contributed by atoms with van der Waals surface area (Å²) in [6, 6.07) is 14.5. The highest BCUT2D eigenvalue weighted by molar-refractivity contribution is 5.97. The predicted octanol–water partition coefficient (Wildman–Crippen LogP) is 2.76. The fraction of sp³-hybridized carbons (Fsp3) is 0.259. The Hall–Kier alpha value is -4.04. The number of nitrogens with zero attached hydrogens (tertiary/aromatic N) is 3. The minimum absolute atomic E-state index is 0.0969. The van der Waals surface area contributed by atoms with Crippen molar-refractivity contribution in [3.63, 3.8) is 0 Å². The van der Waals surface area contributed by atoms with Crippen LogP contribution in [-0.2, 0) is 12.1 Å². The van der Waals surface area contributed by atoms with Crippen LogP contribution in [0.1, 0.15) is 48.2 Å². The monoisotopic (exact) mass is 471 g/mol. The molecule has 35 heavy (non-hydrogen) atoms. The van der Waals surface area contributed by atoms with Gasteiger partial charge in [0.1, 0.15) is 11.2 Å². The van der Waals surface area contributed by atoms with E-state index in [1.807, 2.05) is 24.3 Å². The molecule has 1 aromatic carbocycles. The summed E-state index contributed by atoms with van der Waals surface area (Å²) >= 11 is 0. The van der Waals surface area contributed by atoms with E-state index in [9.17, 15) is 19.9 Å². The fourth-order valence-electron chi connectivity index (χ4n) is 4.11. The predicted molar refractivity (Wildman–Crippen MR) is 130 cm³/mol. The van der Waals surface area contributed by atoms with Crippen LogP contribution in [0.25, 0.3) is 22.3 Å². The summed E-state index contributed by atoms with van der Waals surface area (Å²) in [6.07, 6.45) is 6.56. The molecule has 0 bridgehead atoms. The molecule has 3 aromatic heterocycles. The lowest BCUT2D eigenvalue weighted by Gasteiger charge is -2.17. The second kappa shape index (κ2) is 8.63. The summed E-state index contributed by atoms with van der Waals surface area (Å²) < 4.78 is 2.82. The SMILES string of the molecule is CC(C)(O)c1cc[n+](O)c(-c2cccc(Cn3cc(C(=O)NC4CC4)c(=O)c4cccnc43)c2)c1. The molecule has 3 heterocycles. The normalized spacial score (nSPS) is 13.7. The zero-order valence-corrected chi connectivity index (χ0v) is 19.6. The maximum absolute atomic E-state index is 13.0. The molecule has 1 aliphatic carbocycles. The summed E-state index contributed by atoms with van der Waals surface area (Å²) in [5, 5.41) is 24.1.